The average Bonchev–Trinajstić information content (AvgIpc) is 2.92. The molecule has 0 aromatic heterocycles. The fourth-order valence-electron chi connectivity index (χ4n) is 4.49. The van der Waals surface area contributed by atoms with Crippen LogP contribution in [0.15, 0.2) is 54.6 Å². The molecule has 4 nitrogen and oxygen atoms in total. The van der Waals surface area contributed by atoms with Crippen LogP contribution < -0.4 is 4.72 Å². The third-order valence-electron chi connectivity index (χ3n) is 5.86. The van der Waals surface area contributed by atoms with Gasteiger partial charge in [-0.05, 0) is 35.1 Å². The Morgan fingerprint density at radius 1 is 1.08 bits per heavy atom. The normalized spacial score (nSPS) is 28.6. The summed E-state index contributed by atoms with van der Waals surface area (Å²) in [4.78, 5) is 2.53. The Bertz CT molecular complexity index is 868. The summed E-state index contributed by atoms with van der Waals surface area (Å²) in [5, 5.41) is 0. The molecular formula is C20H24N2O2S. The van der Waals surface area contributed by atoms with Crippen LogP contribution in [0, 0.1) is 11.8 Å². The predicted octanol–water partition coefficient (Wildman–Crippen LogP) is 3.08. The van der Waals surface area contributed by atoms with E-state index in [-0.39, 0.29) is 5.41 Å². The van der Waals surface area contributed by atoms with Crippen LogP contribution in [0.3, 0.4) is 0 Å². The lowest BCUT2D eigenvalue weighted by Crippen LogP contribution is -2.28. The average molecular weight is 356 g/mol. The van der Waals surface area contributed by atoms with Gasteiger partial charge in [-0.15, -0.1) is 0 Å². The molecule has 2 atom stereocenters. The van der Waals surface area contributed by atoms with Gasteiger partial charge in [0.1, 0.15) is 0 Å². The molecular weight excluding hydrogens is 332 g/mol. The number of likely N-dealkylation sites (tertiary alicyclic amines) is 1. The summed E-state index contributed by atoms with van der Waals surface area (Å²) in [5.41, 5.74) is 3.44. The summed E-state index contributed by atoms with van der Waals surface area (Å²) in [5.74, 6) is 1.31. The van der Waals surface area contributed by atoms with Gasteiger partial charge in [0.15, 0.2) is 0 Å². The molecule has 0 radical (unpaired) electrons. The molecule has 0 amide bonds. The summed E-state index contributed by atoms with van der Waals surface area (Å²) < 4.78 is 25.5. The number of hydrogen-bond donors (Lipinski definition) is 1. The molecule has 0 bridgehead atoms. The zero-order valence-electron chi connectivity index (χ0n) is 14.6. The Labute approximate surface area is 149 Å². The van der Waals surface area contributed by atoms with Crippen molar-refractivity contribution in [2.45, 2.75) is 18.9 Å². The maximum atomic E-state index is 11.5. The largest absolute Gasteiger partial charge is 0.298 e. The van der Waals surface area contributed by atoms with Gasteiger partial charge in [0.25, 0.3) is 0 Å². The number of nitrogens with one attached hydrogen (secondary N) is 1. The molecule has 0 spiro atoms. The quantitative estimate of drug-likeness (QED) is 0.896. The Kier molecular flexibility index (Phi) is 3.89. The van der Waals surface area contributed by atoms with E-state index in [0.29, 0.717) is 17.5 Å². The van der Waals surface area contributed by atoms with Crippen molar-refractivity contribution in [1.29, 1.82) is 0 Å². The first-order chi connectivity index (χ1) is 11.9. The molecule has 1 saturated heterocycles. The van der Waals surface area contributed by atoms with Crippen LogP contribution in [-0.4, -0.2) is 32.7 Å². The number of hydrogen-bond acceptors (Lipinski definition) is 3. The molecule has 2 fully saturated rings. The maximum Gasteiger partial charge on any atom is 0.229 e. The number of nitrogens with zero attached hydrogens (tertiary/aromatic N) is 1. The summed E-state index contributed by atoms with van der Waals surface area (Å²) in [6.07, 6.45) is 1.19. The molecule has 25 heavy (non-hydrogen) atoms. The highest BCUT2D eigenvalue weighted by atomic mass is 32.2. The molecule has 4 rings (SSSR count). The van der Waals surface area contributed by atoms with Crippen molar-refractivity contribution in [3.63, 3.8) is 0 Å². The minimum Gasteiger partial charge on any atom is -0.298 e. The molecule has 2 aliphatic rings. The van der Waals surface area contributed by atoms with Crippen molar-refractivity contribution in [3.05, 3.63) is 65.7 Å². The van der Waals surface area contributed by atoms with Crippen LogP contribution in [0.25, 0.3) is 0 Å². The molecule has 1 aliphatic carbocycles. The van der Waals surface area contributed by atoms with Crippen molar-refractivity contribution in [2.75, 3.05) is 24.1 Å². The fraction of sp³-hybridized carbons (Fsp3) is 0.400. The van der Waals surface area contributed by atoms with Crippen molar-refractivity contribution < 1.29 is 8.42 Å². The zero-order valence-corrected chi connectivity index (χ0v) is 15.5. The number of piperidine rings is 1. The first kappa shape index (κ1) is 16.6. The topological polar surface area (TPSA) is 49.4 Å². The molecule has 2 aromatic carbocycles. The maximum absolute atomic E-state index is 11.5. The Morgan fingerprint density at radius 3 is 2.40 bits per heavy atom. The second kappa shape index (κ2) is 5.85. The van der Waals surface area contributed by atoms with Crippen LogP contribution >= 0.6 is 0 Å². The van der Waals surface area contributed by atoms with Crippen molar-refractivity contribution in [3.8, 4) is 0 Å². The van der Waals surface area contributed by atoms with E-state index in [1.54, 1.807) is 0 Å². The van der Waals surface area contributed by atoms with E-state index in [1.165, 1.54) is 17.4 Å². The van der Waals surface area contributed by atoms with Crippen molar-refractivity contribution in [2.24, 2.45) is 11.8 Å². The SMILES string of the molecule is CC1(c2cccc(NS(C)(=O)=O)c2)C2CN(Cc3ccccc3)CC21. The lowest BCUT2D eigenvalue weighted by molar-refractivity contribution is 0.270. The minimum absolute atomic E-state index is 0.169. The number of benzene rings is 2. The molecule has 1 N–H and O–H groups in total. The molecule has 1 heterocycles. The number of rotatable bonds is 5. The van der Waals surface area contributed by atoms with E-state index >= 15 is 0 Å². The molecule has 1 aliphatic heterocycles. The van der Waals surface area contributed by atoms with Gasteiger partial charge in [-0.2, -0.15) is 0 Å². The van der Waals surface area contributed by atoms with Crippen molar-refractivity contribution >= 4 is 15.7 Å². The van der Waals surface area contributed by atoms with Gasteiger partial charge in [0.05, 0.1) is 6.26 Å². The van der Waals surface area contributed by atoms with Gasteiger partial charge in [0, 0.05) is 30.7 Å². The molecule has 2 unspecified atom stereocenters. The number of anilines is 1. The van der Waals surface area contributed by atoms with E-state index < -0.39 is 10.0 Å². The van der Waals surface area contributed by atoms with Crippen LogP contribution in [-0.2, 0) is 22.0 Å². The molecule has 132 valence electrons. The molecule has 2 aromatic rings. The Hall–Kier alpha value is -1.85. The highest BCUT2D eigenvalue weighted by molar-refractivity contribution is 7.92. The summed E-state index contributed by atoms with van der Waals surface area (Å²) in [7, 11) is -3.24. The monoisotopic (exact) mass is 356 g/mol. The third-order valence-corrected chi connectivity index (χ3v) is 6.47. The van der Waals surface area contributed by atoms with E-state index in [4.69, 9.17) is 0 Å². The minimum atomic E-state index is -3.24. The predicted molar refractivity (Wildman–Crippen MR) is 101 cm³/mol. The highest BCUT2D eigenvalue weighted by Gasteiger charge is 2.65. The first-order valence-electron chi connectivity index (χ1n) is 8.71. The summed E-state index contributed by atoms with van der Waals surface area (Å²) in [6.45, 7) is 5.56. The molecule has 5 heteroatoms. The van der Waals surface area contributed by atoms with E-state index in [2.05, 4.69) is 52.9 Å². The van der Waals surface area contributed by atoms with Crippen LogP contribution in [0.4, 0.5) is 5.69 Å². The Morgan fingerprint density at radius 2 is 1.76 bits per heavy atom. The second-order valence-corrected chi connectivity index (χ2v) is 9.38. The lowest BCUT2D eigenvalue weighted by Gasteiger charge is -2.25. The van der Waals surface area contributed by atoms with Crippen LogP contribution in [0.2, 0.25) is 0 Å². The van der Waals surface area contributed by atoms with Crippen LogP contribution in [0.1, 0.15) is 18.1 Å². The van der Waals surface area contributed by atoms with Gasteiger partial charge in [-0.3, -0.25) is 9.62 Å². The van der Waals surface area contributed by atoms with Gasteiger partial charge < -0.3 is 0 Å². The van der Waals surface area contributed by atoms with Crippen molar-refractivity contribution in [1.82, 2.24) is 4.90 Å². The smallest absolute Gasteiger partial charge is 0.229 e. The van der Waals surface area contributed by atoms with E-state index in [0.717, 1.165) is 19.6 Å². The standard InChI is InChI=1S/C20H24N2O2S/c1-20(16-9-6-10-17(11-16)21-25(2,23)24)18-13-22(14-19(18)20)12-15-7-4-3-5-8-15/h3-11,18-19,21H,12-14H2,1-2H3. The fourth-order valence-corrected chi connectivity index (χ4v) is 5.05. The first-order valence-corrected chi connectivity index (χ1v) is 10.6. The number of sulfonamides is 1. The Balaban J connectivity index is 1.45. The summed E-state index contributed by atoms with van der Waals surface area (Å²) in [6, 6.07) is 18.5. The van der Waals surface area contributed by atoms with E-state index in [9.17, 15) is 8.42 Å². The van der Waals surface area contributed by atoms with Crippen LogP contribution in [0.5, 0.6) is 0 Å². The second-order valence-electron chi connectivity index (χ2n) is 7.63. The van der Waals surface area contributed by atoms with Gasteiger partial charge in [-0.1, -0.05) is 49.4 Å². The molecule has 1 saturated carbocycles. The van der Waals surface area contributed by atoms with Gasteiger partial charge >= 0.3 is 0 Å². The number of fused-ring (bicyclic) bond motifs is 1. The van der Waals surface area contributed by atoms with Gasteiger partial charge in [0.2, 0.25) is 10.0 Å². The third kappa shape index (κ3) is 3.18. The highest BCUT2D eigenvalue weighted by Crippen LogP contribution is 2.63. The van der Waals surface area contributed by atoms with E-state index in [1.807, 2.05) is 18.2 Å². The lowest BCUT2D eigenvalue weighted by atomic mass is 9.92. The summed E-state index contributed by atoms with van der Waals surface area (Å²) >= 11 is 0. The van der Waals surface area contributed by atoms with Gasteiger partial charge in [-0.25, -0.2) is 8.42 Å². The zero-order chi connectivity index (χ0) is 17.7.